The minimum Gasteiger partial charge on any atom is -0.494 e. The van der Waals surface area contributed by atoms with Gasteiger partial charge in [0.2, 0.25) is 0 Å². The lowest BCUT2D eigenvalue weighted by atomic mass is 10.2. The molecule has 0 bridgehead atoms. The fraction of sp³-hybridized carbons (Fsp3) is 0.462. The van der Waals surface area contributed by atoms with Crippen molar-refractivity contribution < 1.29 is 9.47 Å². The molecule has 0 heterocycles. The van der Waals surface area contributed by atoms with Gasteiger partial charge in [0.05, 0.1) is 13.2 Å². The average Bonchev–Trinajstić information content (AvgIpc) is 2.14. The average molecular weight is 207 g/mol. The van der Waals surface area contributed by atoms with Gasteiger partial charge in [0, 0.05) is 6.07 Å². The van der Waals surface area contributed by atoms with Crippen LogP contribution in [0.25, 0.3) is 0 Å². The quantitative estimate of drug-likeness (QED) is 0.737. The summed E-state index contributed by atoms with van der Waals surface area (Å²) in [7, 11) is 0. The lowest BCUT2D eigenvalue weighted by molar-refractivity contribution is 0.268. The van der Waals surface area contributed by atoms with Crippen LogP contribution in [0.5, 0.6) is 11.5 Å². The third-order valence-corrected chi connectivity index (χ3v) is 1.83. The molecule has 0 aliphatic rings. The summed E-state index contributed by atoms with van der Waals surface area (Å²) < 4.78 is 11.0. The molecule has 0 aliphatic heterocycles. The first-order valence-corrected chi connectivity index (χ1v) is 5.34. The molecule has 0 N–H and O–H groups in total. The molecular formula is C13H19O2. The summed E-state index contributed by atoms with van der Waals surface area (Å²) in [4.78, 5) is 0. The Balaban J connectivity index is 2.70. The summed E-state index contributed by atoms with van der Waals surface area (Å²) in [6.45, 7) is 11.5. The Hall–Kier alpha value is -1.18. The molecule has 2 heteroatoms. The van der Waals surface area contributed by atoms with E-state index in [0.717, 1.165) is 23.7 Å². The van der Waals surface area contributed by atoms with Crippen LogP contribution in [-0.2, 0) is 0 Å². The van der Waals surface area contributed by atoms with Crippen molar-refractivity contribution in [1.29, 1.82) is 0 Å². The molecule has 0 spiro atoms. The third-order valence-electron chi connectivity index (χ3n) is 1.83. The zero-order valence-electron chi connectivity index (χ0n) is 9.75. The molecule has 0 atom stereocenters. The summed E-state index contributed by atoms with van der Waals surface area (Å²) in [5.74, 6) is 2.18. The molecule has 0 saturated heterocycles. The van der Waals surface area contributed by atoms with Crippen LogP contribution >= 0.6 is 0 Å². The molecule has 1 aromatic carbocycles. The predicted molar refractivity (Wildman–Crippen MR) is 62.4 cm³/mol. The first-order valence-electron chi connectivity index (χ1n) is 5.34. The van der Waals surface area contributed by atoms with Crippen LogP contribution in [0.2, 0.25) is 0 Å². The Morgan fingerprint density at radius 2 is 1.73 bits per heavy atom. The van der Waals surface area contributed by atoms with Gasteiger partial charge < -0.3 is 9.47 Å². The summed E-state index contributed by atoms with van der Waals surface area (Å²) in [5.41, 5.74) is 0.916. The molecule has 1 rings (SSSR count). The Labute approximate surface area is 92.2 Å². The molecule has 2 nitrogen and oxygen atoms in total. The molecule has 1 aromatic rings. The van der Waals surface area contributed by atoms with E-state index in [1.807, 2.05) is 25.1 Å². The fourth-order valence-corrected chi connectivity index (χ4v) is 1.23. The van der Waals surface area contributed by atoms with Crippen molar-refractivity contribution in [3.8, 4) is 11.5 Å². The van der Waals surface area contributed by atoms with Gasteiger partial charge >= 0.3 is 0 Å². The molecule has 0 fully saturated rings. The van der Waals surface area contributed by atoms with Gasteiger partial charge in [-0.15, -0.1) is 0 Å². The normalized spacial score (nSPS) is 10.5. The monoisotopic (exact) mass is 207 g/mol. The van der Waals surface area contributed by atoms with Crippen molar-refractivity contribution in [2.45, 2.75) is 20.8 Å². The highest BCUT2D eigenvalue weighted by molar-refractivity contribution is 5.39. The van der Waals surface area contributed by atoms with Gasteiger partial charge in [0.25, 0.3) is 0 Å². The van der Waals surface area contributed by atoms with E-state index in [4.69, 9.17) is 9.47 Å². The van der Waals surface area contributed by atoms with E-state index in [-0.39, 0.29) is 0 Å². The maximum Gasteiger partial charge on any atom is 0.123 e. The van der Waals surface area contributed by atoms with Crippen molar-refractivity contribution in [3.05, 3.63) is 30.7 Å². The lowest BCUT2D eigenvalue weighted by Gasteiger charge is -2.11. The smallest absolute Gasteiger partial charge is 0.123 e. The number of benzene rings is 1. The van der Waals surface area contributed by atoms with Crippen LogP contribution in [0.3, 0.4) is 0 Å². The van der Waals surface area contributed by atoms with Gasteiger partial charge in [0.15, 0.2) is 0 Å². The molecule has 83 valence electrons. The highest BCUT2D eigenvalue weighted by Crippen LogP contribution is 2.22. The predicted octanol–water partition coefficient (Wildman–Crippen LogP) is 3.30. The minimum atomic E-state index is 0.522. The molecule has 0 amide bonds. The van der Waals surface area contributed by atoms with Gasteiger partial charge in [-0.1, -0.05) is 13.8 Å². The van der Waals surface area contributed by atoms with E-state index >= 15 is 0 Å². The molecule has 0 aliphatic carbocycles. The summed E-state index contributed by atoms with van der Waals surface area (Å²) in [6.07, 6.45) is 0. The Bertz CT molecular complexity index is 305. The number of ether oxygens (including phenoxy) is 2. The van der Waals surface area contributed by atoms with E-state index in [1.165, 1.54) is 0 Å². The number of rotatable bonds is 5. The van der Waals surface area contributed by atoms with Gasteiger partial charge in [-0.2, -0.15) is 0 Å². The standard InChI is InChI=1S/C13H19O2/c1-5-14-12-6-11(4)7-13(8-12)15-9-10(2)3/h6-8,10H,4-5,9H2,1-3H3. The van der Waals surface area contributed by atoms with Gasteiger partial charge in [-0.05, 0) is 37.5 Å². The maximum absolute atomic E-state index is 5.62. The van der Waals surface area contributed by atoms with Gasteiger partial charge in [-0.3, -0.25) is 0 Å². The summed E-state index contributed by atoms with van der Waals surface area (Å²) >= 11 is 0. The Kier molecular flexibility index (Phi) is 4.47. The van der Waals surface area contributed by atoms with E-state index in [1.54, 1.807) is 0 Å². The molecule has 0 unspecified atom stereocenters. The van der Waals surface area contributed by atoms with Crippen molar-refractivity contribution >= 4 is 0 Å². The van der Waals surface area contributed by atoms with Crippen molar-refractivity contribution in [2.75, 3.05) is 13.2 Å². The van der Waals surface area contributed by atoms with Crippen LogP contribution < -0.4 is 9.47 Å². The topological polar surface area (TPSA) is 18.5 Å². The number of hydrogen-bond donors (Lipinski definition) is 0. The number of hydrogen-bond acceptors (Lipinski definition) is 2. The summed E-state index contributed by atoms with van der Waals surface area (Å²) in [6, 6.07) is 5.73. The van der Waals surface area contributed by atoms with Gasteiger partial charge in [-0.25, -0.2) is 0 Å². The van der Waals surface area contributed by atoms with Crippen molar-refractivity contribution in [2.24, 2.45) is 5.92 Å². The van der Waals surface area contributed by atoms with Crippen LogP contribution in [-0.4, -0.2) is 13.2 Å². The van der Waals surface area contributed by atoms with Crippen LogP contribution in [0.15, 0.2) is 18.2 Å². The second-order valence-electron chi connectivity index (χ2n) is 3.95. The van der Waals surface area contributed by atoms with E-state index in [0.29, 0.717) is 12.5 Å². The Morgan fingerprint density at radius 1 is 1.13 bits per heavy atom. The molecule has 15 heavy (non-hydrogen) atoms. The van der Waals surface area contributed by atoms with E-state index in [2.05, 4.69) is 20.8 Å². The highest BCUT2D eigenvalue weighted by atomic mass is 16.5. The molecule has 1 radical (unpaired) electrons. The second-order valence-corrected chi connectivity index (χ2v) is 3.95. The first kappa shape index (κ1) is 11.9. The third kappa shape index (κ3) is 4.24. The van der Waals surface area contributed by atoms with Crippen molar-refractivity contribution in [1.82, 2.24) is 0 Å². The minimum absolute atomic E-state index is 0.522. The maximum atomic E-state index is 5.62. The SMILES string of the molecule is [CH2]c1cc(OCC)cc(OCC(C)C)c1. The molecule has 0 aromatic heterocycles. The summed E-state index contributed by atoms with van der Waals surface area (Å²) in [5, 5.41) is 0. The van der Waals surface area contributed by atoms with Gasteiger partial charge in [0.1, 0.15) is 11.5 Å². The first-order chi connectivity index (χ1) is 7.11. The Morgan fingerprint density at radius 3 is 2.27 bits per heavy atom. The fourth-order valence-electron chi connectivity index (χ4n) is 1.23. The zero-order valence-corrected chi connectivity index (χ0v) is 9.75. The largest absolute Gasteiger partial charge is 0.494 e. The van der Waals surface area contributed by atoms with Crippen LogP contribution in [0.1, 0.15) is 26.3 Å². The van der Waals surface area contributed by atoms with Crippen LogP contribution in [0.4, 0.5) is 0 Å². The molecule has 0 saturated carbocycles. The zero-order chi connectivity index (χ0) is 11.3. The molecular weight excluding hydrogens is 188 g/mol. The van der Waals surface area contributed by atoms with E-state index < -0.39 is 0 Å². The second kappa shape index (κ2) is 5.64. The van der Waals surface area contributed by atoms with Crippen LogP contribution in [0, 0.1) is 12.8 Å². The lowest BCUT2D eigenvalue weighted by Crippen LogP contribution is -2.04. The highest BCUT2D eigenvalue weighted by Gasteiger charge is 2.01. The van der Waals surface area contributed by atoms with E-state index in [9.17, 15) is 0 Å². The van der Waals surface area contributed by atoms with Crippen molar-refractivity contribution in [3.63, 3.8) is 0 Å².